The van der Waals surface area contributed by atoms with E-state index in [1.54, 1.807) is 0 Å². The molecule has 0 saturated carbocycles. The third-order valence-corrected chi connectivity index (χ3v) is 2.60. The van der Waals surface area contributed by atoms with E-state index < -0.39 is 13.2 Å². The Morgan fingerprint density at radius 1 is 1.45 bits per heavy atom. The summed E-state index contributed by atoms with van der Waals surface area (Å²) < 4.78 is 15.9. The summed E-state index contributed by atoms with van der Waals surface area (Å²) in [6.07, 6.45) is 0. The predicted octanol–water partition coefficient (Wildman–Crippen LogP) is 2.25. The molecule has 0 aliphatic heterocycles. The minimum Gasteiger partial charge on any atom is -0.324 e. The molecule has 11 heavy (non-hydrogen) atoms. The summed E-state index contributed by atoms with van der Waals surface area (Å²) in [5.74, 6) is 0.225. The number of hydrogen-bond acceptors (Lipinski definition) is 2. The van der Waals surface area contributed by atoms with Crippen LogP contribution in [0, 0.1) is 5.92 Å². The lowest BCUT2D eigenvalue weighted by atomic mass is 9.95. The largest absolute Gasteiger partial charge is 0.325 e. The summed E-state index contributed by atoms with van der Waals surface area (Å²) >= 11 is 0. The van der Waals surface area contributed by atoms with Gasteiger partial charge in [-0.05, 0) is 19.8 Å². The average molecular weight is 180 g/mol. The lowest BCUT2D eigenvalue weighted by molar-refractivity contribution is 0.0494. The highest BCUT2D eigenvalue weighted by molar-refractivity contribution is 7.51. The summed E-state index contributed by atoms with van der Waals surface area (Å²) in [5.41, 5.74) is -0.529. The number of hydrogen-bond donors (Lipinski definition) is 1. The van der Waals surface area contributed by atoms with Gasteiger partial charge in [0.25, 0.3) is 0 Å². The first kappa shape index (κ1) is 11.2. The maximum atomic E-state index is 10.9. The van der Waals surface area contributed by atoms with Crippen molar-refractivity contribution in [3.05, 3.63) is 0 Å². The van der Waals surface area contributed by atoms with Gasteiger partial charge in [0.15, 0.2) is 0 Å². The second-order valence-electron chi connectivity index (χ2n) is 3.65. The molecular weight excluding hydrogens is 163 g/mol. The van der Waals surface area contributed by atoms with Crippen molar-refractivity contribution in [1.82, 2.24) is 0 Å². The fourth-order valence-corrected chi connectivity index (χ4v) is 1.63. The van der Waals surface area contributed by atoms with Gasteiger partial charge in [-0.2, -0.15) is 0 Å². The van der Waals surface area contributed by atoms with Crippen LogP contribution in [0.4, 0.5) is 0 Å². The maximum Gasteiger partial charge on any atom is 0.325 e. The van der Waals surface area contributed by atoms with E-state index >= 15 is 0 Å². The molecule has 0 fully saturated rings. The highest BCUT2D eigenvalue weighted by atomic mass is 31.2. The van der Waals surface area contributed by atoms with E-state index in [1.807, 2.05) is 27.7 Å². The van der Waals surface area contributed by atoms with Crippen LogP contribution in [0.2, 0.25) is 0 Å². The fraction of sp³-hybridized carbons (Fsp3) is 1.00. The van der Waals surface area contributed by atoms with Crippen LogP contribution < -0.4 is 0 Å². The molecule has 0 aromatic heterocycles. The van der Waals surface area contributed by atoms with E-state index in [0.29, 0.717) is 0 Å². The monoisotopic (exact) mass is 180 g/mol. The van der Waals surface area contributed by atoms with Crippen LogP contribution in [0.15, 0.2) is 0 Å². The smallest absolute Gasteiger partial charge is 0.324 e. The van der Waals surface area contributed by atoms with E-state index in [4.69, 9.17) is 9.42 Å². The highest BCUT2D eigenvalue weighted by Gasteiger charge is 2.29. The predicted molar refractivity (Wildman–Crippen MR) is 45.8 cm³/mol. The lowest BCUT2D eigenvalue weighted by Crippen LogP contribution is -2.29. The standard InChI is InChI=1S/C7H17O3P/c1-6(2)7(3,4)10-11(5,8)9/h6H,1-5H3,(H,8,9). The Labute approximate surface area is 68.3 Å². The molecule has 0 amide bonds. The van der Waals surface area contributed by atoms with Gasteiger partial charge in [0.1, 0.15) is 0 Å². The van der Waals surface area contributed by atoms with Crippen molar-refractivity contribution in [2.24, 2.45) is 5.92 Å². The Kier molecular flexibility index (Phi) is 3.30. The molecule has 1 atom stereocenters. The Hall–Kier alpha value is 0.150. The van der Waals surface area contributed by atoms with Crippen LogP contribution in [0.25, 0.3) is 0 Å². The molecule has 0 rings (SSSR count). The minimum absolute atomic E-state index is 0.225. The van der Waals surface area contributed by atoms with Crippen LogP contribution in [-0.2, 0) is 9.09 Å². The van der Waals surface area contributed by atoms with Crippen molar-refractivity contribution in [3.63, 3.8) is 0 Å². The van der Waals surface area contributed by atoms with Gasteiger partial charge in [0, 0.05) is 6.66 Å². The van der Waals surface area contributed by atoms with Crippen LogP contribution in [0.3, 0.4) is 0 Å². The Bertz CT molecular complexity index is 169. The molecule has 3 nitrogen and oxygen atoms in total. The SMILES string of the molecule is CC(C)C(C)(C)OP(C)(=O)O. The van der Waals surface area contributed by atoms with Crippen molar-refractivity contribution in [2.75, 3.05) is 6.66 Å². The van der Waals surface area contributed by atoms with Crippen molar-refractivity contribution in [2.45, 2.75) is 33.3 Å². The second-order valence-corrected chi connectivity index (χ2v) is 5.44. The van der Waals surface area contributed by atoms with Gasteiger partial charge >= 0.3 is 7.60 Å². The van der Waals surface area contributed by atoms with Crippen molar-refractivity contribution in [1.29, 1.82) is 0 Å². The summed E-state index contributed by atoms with van der Waals surface area (Å²) in [6.45, 7) is 8.73. The van der Waals surface area contributed by atoms with Gasteiger partial charge in [0.2, 0.25) is 0 Å². The first-order valence-corrected chi connectivity index (χ1v) is 5.68. The van der Waals surface area contributed by atoms with E-state index in [2.05, 4.69) is 0 Å². The summed E-state index contributed by atoms with van der Waals surface area (Å²) in [4.78, 5) is 8.94. The van der Waals surface area contributed by atoms with E-state index in [-0.39, 0.29) is 5.92 Å². The normalized spacial score (nSPS) is 18.5. The quantitative estimate of drug-likeness (QED) is 0.677. The lowest BCUT2D eigenvalue weighted by Gasteiger charge is -2.30. The molecule has 0 aromatic carbocycles. The molecule has 0 aliphatic rings. The summed E-state index contributed by atoms with van der Waals surface area (Å²) in [5, 5.41) is 0. The molecule has 1 N–H and O–H groups in total. The van der Waals surface area contributed by atoms with Gasteiger partial charge in [0.05, 0.1) is 5.60 Å². The van der Waals surface area contributed by atoms with Crippen LogP contribution >= 0.6 is 7.60 Å². The Morgan fingerprint density at radius 2 is 1.82 bits per heavy atom. The van der Waals surface area contributed by atoms with Gasteiger partial charge in [-0.1, -0.05) is 13.8 Å². The van der Waals surface area contributed by atoms with Crippen LogP contribution in [0.1, 0.15) is 27.7 Å². The molecule has 4 heteroatoms. The molecular formula is C7H17O3P. The Morgan fingerprint density at radius 3 is 1.91 bits per heavy atom. The molecule has 0 spiro atoms. The highest BCUT2D eigenvalue weighted by Crippen LogP contribution is 2.43. The molecule has 0 radical (unpaired) electrons. The van der Waals surface area contributed by atoms with Crippen molar-refractivity contribution < 1.29 is 14.0 Å². The third-order valence-electron chi connectivity index (χ3n) is 1.80. The first-order valence-electron chi connectivity index (χ1n) is 3.66. The molecule has 0 heterocycles. The van der Waals surface area contributed by atoms with E-state index in [1.165, 1.54) is 6.66 Å². The van der Waals surface area contributed by atoms with Gasteiger partial charge in [-0.25, -0.2) is 0 Å². The second kappa shape index (κ2) is 3.26. The first-order chi connectivity index (χ1) is 4.65. The molecule has 1 unspecified atom stereocenters. The molecule has 0 aliphatic carbocycles. The van der Waals surface area contributed by atoms with E-state index in [9.17, 15) is 4.57 Å². The molecule has 68 valence electrons. The Balaban J connectivity index is 4.25. The van der Waals surface area contributed by atoms with Gasteiger partial charge in [-0.15, -0.1) is 0 Å². The zero-order valence-electron chi connectivity index (χ0n) is 7.79. The third kappa shape index (κ3) is 4.57. The molecule has 0 aromatic rings. The topological polar surface area (TPSA) is 46.5 Å². The zero-order valence-corrected chi connectivity index (χ0v) is 8.68. The molecule has 0 saturated heterocycles. The average Bonchev–Trinajstić information content (AvgIpc) is 1.56. The van der Waals surface area contributed by atoms with Crippen molar-refractivity contribution >= 4 is 7.60 Å². The van der Waals surface area contributed by atoms with E-state index in [0.717, 1.165) is 0 Å². The summed E-state index contributed by atoms with van der Waals surface area (Å²) in [6, 6.07) is 0. The minimum atomic E-state index is -3.34. The fourth-order valence-electron chi connectivity index (χ4n) is 0.542. The summed E-state index contributed by atoms with van der Waals surface area (Å²) in [7, 11) is -3.34. The van der Waals surface area contributed by atoms with Gasteiger partial charge < -0.3 is 9.42 Å². The van der Waals surface area contributed by atoms with Crippen LogP contribution in [0.5, 0.6) is 0 Å². The van der Waals surface area contributed by atoms with Gasteiger partial charge in [-0.3, -0.25) is 4.57 Å². The van der Waals surface area contributed by atoms with Crippen molar-refractivity contribution in [3.8, 4) is 0 Å². The zero-order chi connectivity index (χ0) is 9.28. The van der Waals surface area contributed by atoms with Crippen LogP contribution in [-0.4, -0.2) is 17.2 Å². The number of rotatable bonds is 3. The maximum absolute atomic E-state index is 10.9. The molecule has 0 bridgehead atoms.